The predicted molar refractivity (Wildman–Crippen MR) is 96.3 cm³/mol. The molecule has 0 unspecified atom stereocenters. The van der Waals surface area contributed by atoms with Crippen molar-refractivity contribution in [2.24, 2.45) is 5.92 Å². The number of benzene rings is 1. The van der Waals surface area contributed by atoms with Crippen molar-refractivity contribution in [3.05, 3.63) is 42.5 Å². The van der Waals surface area contributed by atoms with Crippen LogP contribution < -0.4 is 4.90 Å². The Kier molecular flexibility index (Phi) is 4.53. The second-order valence-corrected chi connectivity index (χ2v) is 7.17. The topological polar surface area (TPSA) is 54.3 Å². The molecule has 2 aliphatic rings. The normalized spacial score (nSPS) is 22.0. The minimum atomic E-state index is -0.0790. The van der Waals surface area contributed by atoms with Crippen molar-refractivity contribution in [1.82, 2.24) is 19.7 Å². The highest BCUT2D eigenvalue weighted by Gasteiger charge is 2.33. The number of carbonyl (C=O) groups excluding carboxylic acids is 1. The third-order valence-electron chi connectivity index (χ3n) is 5.52. The van der Waals surface area contributed by atoms with Crippen LogP contribution in [0.25, 0.3) is 0 Å². The van der Waals surface area contributed by atoms with Crippen molar-refractivity contribution in [3.63, 3.8) is 0 Å². The van der Waals surface area contributed by atoms with E-state index in [9.17, 15) is 4.79 Å². The van der Waals surface area contributed by atoms with Gasteiger partial charge in [0.25, 0.3) is 0 Å². The van der Waals surface area contributed by atoms with Gasteiger partial charge in [-0.2, -0.15) is 5.10 Å². The summed E-state index contributed by atoms with van der Waals surface area (Å²) in [4.78, 5) is 21.4. The third kappa shape index (κ3) is 3.31. The van der Waals surface area contributed by atoms with E-state index in [4.69, 9.17) is 0 Å². The van der Waals surface area contributed by atoms with Gasteiger partial charge in [-0.3, -0.25) is 14.4 Å². The van der Waals surface area contributed by atoms with Crippen molar-refractivity contribution in [2.45, 2.75) is 38.8 Å². The van der Waals surface area contributed by atoms with E-state index < -0.39 is 0 Å². The van der Waals surface area contributed by atoms with Crippen LogP contribution >= 0.6 is 0 Å². The fraction of sp³-hybridized carbons (Fsp3) is 0.526. The first-order valence-corrected chi connectivity index (χ1v) is 9.18. The summed E-state index contributed by atoms with van der Waals surface area (Å²) in [6.45, 7) is 5.68. The van der Waals surface area contributed by atoms with Crippen LogP contribution in [0.1, 0.15) is 25.3 Å². The first kappa shape index (κ1) is 16.3. The summed E-state index contributed by atoms with van der Waals surface area (Å²) < 4.78 is 1.90. The van der Waals surface area contributed by atoms with E-state index in [-0.39, 0.29) is 11.9 Å². The lowest BCUT2D eigenvalue weighted by molar-refractivity contribution is -0.123. The highest BCUT2D eigenvalue weighted by molar-refractivity contribution is 5.98. The summed E-state index contributed by atoms with van der Waals surface area (Å²) in [7, 11) is 0. The van der Waals surface area contributed by atoms with Crippen LogP contribution in [0, 0.1) is 5.92 Å². The van der Waals surface area contributed by atoms with Crippen molar-refractivity contribution < 1.29 is 4.79 Å². The zero-order chi connectivity index (χ0) is 17.2. The van der Waals surface area contributed by atoms with Crippen LogP contribution in [-0.2, 0) is 17.8 Å². The molecule has 6 nitrogen and oxygen atoms in total. The van der Waals surface area contributed by atoms with Gasteiger partial charge in [-0.1, -0.05) is 18.2 Å². The zero-order valence-corrected chi connectivity index (χ0v) is 14.7. The van der Waals surface area contributed by atoms with Gasteiger partial charge in [0.1, 0.15) is 12.7 Å². The molecule has 0 aliphatic carbocycles. The van der Waals surface area contributed by atoms with E-state index in [0.29, 0.717) is 5.92 Å². The van der Waals surface area contributed by atoms with Gasteiger partial charge in [0.15, 0.2) is 0 Å². The Hall–Kier alpha value is -2.21. The molecule has 0 saturated carbocycles. The average Bonchev–Trinajstić information content (AvgIpc) is 3.30. The van der Waals surface area contributed by atoms with Crippen LogP contribution in [0.4, 0.5) is 5.69 Å². The van der Waals surface area contributed by atoms with Gasteiger partial charge in [0, 0.05) is 25.3 Å². The SMILES string of the molecule is C[C@H](C(=O)N1CCc2ccccc21)N1CCC[C@@H](Cn2cncn2)C1. The molecular formula is C19H25N5O. The van der Waals surface area contributed by atoms with Crippen molar-refractivity contribution in [1.29, 1.82) is 0 Å². The molecule has 3 heterocycles. The van der Waals surface area contributed by atoms with Crippen LogP contribution in [0.5, 0.6) is 0 Å². The molecule has 2 atom stereocenters. The number of carbonyl (C=O) groups is 1. The van der Waals surface area contributed by atoms with Gasteiger partial charge >= 0.3 is 0 Å². The molecule has 132 valence electrons. The van der Waals surface area contributed by atoms with Gasteiger partial charge in [-0.25, -0.2) is 4.98 Å². The minimum Gasteiger partial charge on any atom is -0.310 e. The van der Waals surface area contributed by atoms with E-state index in [2.05, 4.69) is 40.1 Å². The minimum absolute atomic E-state index is 0.0790. The molecule has 1 saturated heterocycles. The Morgan fingerprint density at radius 2 is 2.20 bits per heavy atom. The Morgan fingerprint density at radius 1 is 1.32 bits per heavy atom. The number of nitrogens with zero attached hydrogens (tertiary/aromatic N) is 5. The number of hydrogen-bond acceptors (Lipinski definition) is 4. The maximum Gasteiger partial charge on any atom is 0.244 e. The lowest BCUT2D eigenvalue weighted by atomic mass is 9.96. The predicted octanol–water partition coefficient (Wildman–Crippen LogP) is 1.97. The molecule has 1 fully saturated rings. The average molecular weight is 339 g/mol. The zero-order valence-electron chi connectivity index (χ0n) is 14.7. The van der Waals surface area contributed by atoms with Crippen LogP contribution in [0.3, 0.4) is 0 Å². The third-order valence-corrected chi connectivity index (χ3v) is 5.52. The summed E-state index contributed by atoms with van der Waals surface area (Å²) in [5.41, 5.74) is 2.38. The summed E-state index contributed by atoms with van der Waals surface area (Å²) in [6, 6.07) is 8.18. The smallest absolute Gasteiger partial charge is 0.244 e. The molecule has 25 heavy (non-hydrogen) atoms. The lowest BCUT2D eigenvalue weighted by Crippen LogP contribution is -2.50. The number of fused-ring (bicyclic) bond motifs is 1. The lowest BCUT2D eigenvalue weighted by Gasteiger charge is -2.37. The molecule has 1 aromatic heterocycles. The van der Waals surface area contributed by atoms with Crippen LogP contribution in [0.2, 0.25) is 0 Å². The second-order valence-electron chi connectivity index (χ2n) is 7.17. The standard InChI is InChI=1S/C19H25N5O/c1-15(19(25)24-10-8-17-6-2-3-7-18(17)24)22-9-4-5-16(11-22)12-23-14-20-13-21-23/h2-3,6-7,13-16H,4-5,8-12H2,1H3/t15-,16-/m1/s1. The molecule has 6 heteroatoms. The van der Waals surface area contributed by atoms with E-state index in [1.807, 2.05) is 15.6 Å². The van der Waals surface area contributed by atoms with E-state index in [1.165, 1.54) is 12.0 Å². The molecule has 0 N–H and O–H groups in total. The number of anilines is 1. The van der Waals surface area contributed by atoms with E-state index in [1.54, 1.807) is 12.7 Å². The fourth-order valence-corrected chi connectivity index (χ4v) is 4.14. The van der Waals surface area contributed by atoms with Crippen molar-refractivity contribution in [3.8, 4) is 0 Å². The molecule has 1 amide bonds. The Balaban J connectivity index is 1.42. The molecule has 4 rings (SSSR count). The number of rotatable bonds is 4. The molecule has 1 aromatic carbocycles. The maximum atomic E-state index is 13.1. The Labute approximate surface area is 148 Å². The van der Waals surface area contributed by atoms with Crippen molar-refractivity contribution >= 4 is 11.6 Å². The number of hydrogen-bond donors (Lipinski definition) is 0. The maximum absolute atomic E-state index is 13.1. The Morgan fingerprint density at radius 3 is 3.04 bits per heavy atom. The highest BCUT2D eigenvalue weighted by atomic mass is 16.2. The monoisotopic (exact) mass is 339 g/mol. The molecule has 0 radical (unpaired) electrons. The van der Waals surface area contributed by atoms with Gasteiger partial charge in [-0.15, -0.1) is 0 Å². The second kappa shape index (κ2) is 6.96. The van der Waals surface area contributed by atoms with Crippen molar-refractivity contribution in [2.75, 3.05) is 24.5 Å². The Bertz CT molecular complexity index is 729. The van der Waals surface area contributed by atoms with Crippen LogP contribution in [-0.4, -0.2) is 51.2 Å². The molecular weight excluding hydrogens is 314 g/mol. The molecule has 2 aliphatic heterocycles. The largest absolute Gasteiger partial charge is 0.310 e. The first-order valence-electron chi connectivity index (χ1n) is 9.18. The number of para-hydroxylation sites is 1. The molecule has 0 bridgehead atoms. The fourth-order valence-electron chi connectivity index (χ4n) is 4.14. The summed E-state index contributed by atoms with van der Waals surface area (Å²) >= 11 is 0. The highest BCUT2D eigenvalue weighted by Crippen LogP contribution is 2.29. The van der Waals surface area contributed by atoms with Crippen LogP contribution in [0.15, 0.2) is 36.9 Å². The van der Waals surface area contributed by atoms with E-state index >= 15 is 0 Å². The summed E-state index contributed by atoms with van der Waals surface area (Å²) in [5, 5.41) is 4.22. The number of likely N-dealkylation sites (tertiary alicyclic amines) is 1. The number of amides is 1. The summed E-state index contributed by atoms with van der Waals surface area (Å²) in [6.07, 6.45) is 6.63. The first-order chi connectivity index (χ1) is 12.2. The number of aromatic nitrogens is 3. The van der Waals surface area contributed by atoms with Gasteiger partial charge in [0.05, 0.1) is 6.04 Å². The van der Waals surface area contributed by atoms with Gasteiger partial charge < -0.3 is 4.90 Å². The summed E-state index contributed by atoms with van der Waals surface area (Å²) in [5.74, 6) is 0.753. The quantitative estimate of drug-likeness (QED) is 0.855. The van der Waals surface area contributed by atoms with Gasteiger partial charge in [0.2, 0.25) is 5.91 Å². The molecule has 0 spiro atoms. The van der Waals surface area contributed by atoms with E-state index in [0.717, 1.165) is 44.7 Å². The number of piperidine rings is 1. The van der Waals surface area contributed by atoms with Gasteiger partial charge in [-0.05, 0) is 50.3 Å². The molecule has 2 aromatic rings.